The molecule has 0 aromatic heterocycles. The Morgan fingerprint density at radius 3 is 2.60 bits per heavy atom. The van der Waals surface area contributed by atoms with E-state index < -0.39 is 42.0 Å². The molecule has 35 heavy (non-hydrogen) atoms. The molecule has 10 N–H and O–H groups in total. The third-order valence-corrected chi connectivity index (χ3v) is 6.02. The molecule has 2 fully saturated rings. The molecule has 2 rings (SSSR count). The maximum Gasteiger partial charge on any atom is 0.326 e. The van der Waals surface area contributed by atoms with Crippen LogP contribution in [0.5, 0.6) is 0 Å². The predicted molar refractivity (Wildman–Crippen MR) is 126 cm³/mol. The van der Waals surface area contributed by atoms with Crippen molar-refractivity contribution < 1.29 is 29.1 Å². The van der Waals surface area contributed by atoms with E-state index >= 15 is 0 Å². The second-order valence-electron chi connectivity index (χ2n) is 8.74. The first-order valence-corrected chi connectivity index (χ1v) is 11.8. The average molecular weight is 497 g/mol. The lowest BCUT2D eigenvalue weighted by atomic mass is 10.1. The van der Waals surface area contributed by atoms with Crippen LogP contribution in [0.2, 0.25) is 0 Å². The van der Waals surface area contributed by atoms with Gasteiger partial charge in [0.05, 0.1) is 6.04 Å². The summed E-state index contributed by atoms with van der Waals surface area (Å²) in [7, 11) is 0. The number of aliphatic carboxylic acids is 1. The second kappa shape index (κ2) is 13.5. The molecule has 0 unspecified atom stereocenters. The maximum absolute atomic E-state index is 13.0. The molecule has 0 aromatic carbocycles. The average Bonchev–Trinajstić information content (AvgIpc) is 3.29. The van der Waals surface area contributed by atoms with Crippen molar-refractivity contribution in [3.63, 3.8) is 0 Å². The minimum Gasteiger partial charge on any atom is -0.480 e. The van der Waals surface area contributed by atoms with Crippen LogP contribution in [0.25, 0.3) is 0 Å². The third kappa shape index (κ3) is 8.70. The summed E-state index contributed by atoms with van der Waals surface area (Å²) < 4.78 is 0. The van der Waals surface area contributed by atoms with Crippen LogP contribution in [0.15, 0.2) is 4.99 Å². The fourth-order valence-corrected chi connectivity index (χ4v) is 4.12. The van der Waals surface area contributed by atoms with Gasteiger partial charge in [-0.2, -0.15) is 0 Å². The lowest BCUT2D eigenvalue weighted by Crippen LogP contribution is -2.57. The van der Waals surface area contributed by atoms with Gasteiger partial charge in [-0.15, -0.1) is 0 Å². The highest BCUT2D eigenvalue weighted by molar-refractivity contribution is 5.94. The minimum atomic E-state index is -1.26. The number of nitrogens with two attached hydrogens (primary N) is 3. The molecule has 0 aliphatic carbocycles. The Labute approximate surface area is 203 Å². The van der Waals surface area contributed by atoms with Crippen molar-refractivity contribution in [2.24, 2.45) is 22.2 Å². The highest BCUT2D eigenvalue weighted by atomic mass is 16.4. The van der Waals surface area contributed by atoms with Gasteiger partial charge in [0.15, 0.2) is 5.96 Å². The van der Waals surface area contributed by atoms with Crippen LogP contribution in [0.3, 0.4) is 0 Å². The van der Waals surface area contributed by atoms with Crippen molar-refractivity contribution in [1.29, 1.82) is 0 Å². The number of carboxylic acids is 1. The zero-order valence-electron chi connectivity index (χ0n) is 19.7. The first-order chi connectivity index (χ1) is 16.6. The number of rotatable bonds is 7. The Kier molecular flexibility index (Phi) is 10.7. The number of carboxylic acid groups (broad SMARTS) is 1. The summed E-state index contributed by atoms with van der Waals surface area (Å²) >= 11 is 0. The van der Waals surface area contributed by atoms with Crippen molar-refractivity contribution >= 4 is 35.6 Å². The highest BCUT2D eigenvalue weighted by Crippen LogP contribution is 2.20. The smallest absolute Gasteiger partial charge is 0.326 e. The normalized spacial score (nSPS) is 24.9. The molecule has 14 nitrogen and oxygen atoms in total. The van der Waals surface area contributed by atoms with Gasteiger partial charge in [0.25, 0.3) is 0 Å². The van der Waals surface area contributed by atoms with Crippen LogP contribution in [0, 0.1) is 0 Å². The lowest BCUT2D eigenvalue weighted by molar-refractivity contribution is -0.143. The van der Waals surface area contributed by atoms with Gasteiger partial charge in [0.2, 0.25) is 23.6 Å². The first-order valence-electron chi connectivity index (χ1n) is 11.8. The van der Waals surface area contributed by atoms with Crippen LogP contribution in [-0.4, -0.2) is 89.4 Å². The Morgan fingerprint density at radius 1 is 1.17 bits per heavy atom. The number of aliphatic imine (C=N–C) groups is 1. The summed E-state index contributed by atoms with van der Waals surface area (Å²) in [5.74, 6) is -3.33. The third-order valence-electron chi connectivity index (χ3n) is 6.02. The fraction of sp³-hybridized carbons (Fsp3) is 0.714. The summed E-state index contributed by atoms with van der Waals surface area (Å²) in [5.41, 5.74) is 16.5. The molecular weight excluding hydrogens is 460 g/mol. The number of fused-ring (bicyclic) bond motifs is 1. The molecule has 0 bridgehead atoms. The molecule has 0 radical (unpaired) electrons. The molecule has 0 aromatic rings. The zero-order valence-corrected chi connectivity index (χ0v) is 19.7. The number of nitrogens with one attached hydrogen (secondary N) is 3. The summed E-state index contributed by atoms with van der Waals surface area (Å²) in [5, 5.41) is 17.2. The molecule has 2 aliphatic heterocycles. The number of guanidine groups is 1. The summed E-state index contributed by atoms with van der Waals surface area (Å²) in [6.07, 6.45) is 2.16. The van der Waals surface area contributed by atoms with Crippen molar-refractivity contribution in [1.82, 2.24) is 20.9 Å². The molecule has 14 heteroatoms. The van der Waals surface area contributed by atoms with Gasteiger partial charge >= 0.3 is 5.97 Å². The van der Waals surface area contributed by atoms with Crippen LogP contribution in [0.1, 0.15) is 51.4 Å². The van der Waals surface area contributed by atoms with E-state index in [4.69, 9.17) is 17.2 Å². The Balaban J connectivity index is 2.14. The van der Waals surface area contributed by atoms with Gasteiger partial charge in [0, 0.05) is 26.1 Å². The van der Waals surface area contributed by atoms with E-state index in [1.807, 2.05) is 0 Å². The van der Waals surface area contributed by atoms with E-state index in [-0.39, 0.29) is 43.6 Å². The van der Waals surface area contributed by atoms with Gasteiger partial charge in [-0.3, -0.25) is 24.2 Å². The summed E-state index contributed by atoms with van der Waals surface area (Å²) in [6, 6.07) is -3.98. The SMILES string of the molecule is NC(N)=NCCC[C@H](NC(=O)[C@@H]1CCC(=O)NCCC[C@H](N)C(=O)N2CCC[C@H]2C(=O)N1)C(=O)O. The van der Waals surface area contributed by atoms with E-state index in [1.54, 1.807) is 0 Å². The molecule has 4 amide bonds. The van der Waals surface area contributed by atoms with Crippen molar-refractivity contribution in [2.45, 2.75) is 75.5 Å². The largest absolute Gasteiger partial charge is 0.480 e. The van der Waals surface area contributed by atoms with Gasteiger partial charge in [0.1, 0.15) is 18.1 Å². The van der Waals surface area contributed by atoms with E-state index in [9.17, 15) is 29.1 Å². The number of hydrogen-bond acceptors (Lipinski definition) is 7. The number of nitrogens with zero attached hydrogens (tertiary/aromatic N) is 2. The van der Waals surface area contributed by atoms with Crippen molar-refractivity contribution in [3.05, 3.63) is 0 Å². The van der Waals surface area contributed by atoms with E-state index in [1.165, 1.54) is 4.90 Å². The molecular formula is C21H36N8O6. The fourth-order valence-electron chi connectivity index (χ4n) is 4.12. The van der Waals surface area contributed by atoms with E-state index in [0.29, 0.717) is 45.2 Å². The van der Waals surface area contributed by atoms with Gasteiger partial charge < -0.3 is 43.2 Å². The number of carbonyl (C=O) groups is 5. The molecule has 196 valence electrons. The molecule has 2 aliphatic rings. The minimum absolute atomic E-state index is 0.0378. The van der Waals surface area contributed by atoms with Crippen LogP contribution in [0.4, 0.5) is 0 Å². The second-order valence-corrected chi connectivity index (χ2v) is 8.74. The topological polar surface area (TPSA) is 235 Å². The Hall–Kier alpha value is -3.42. The zero-order chi connectivity index (χ0) is 26.0. The quantitative estimate of drug-likeness (QED) is 0.109. The monoisotopic (exact) mass is 496 g/mol. The van der Waals surface area contributed by atoms with Gasteiger partial charge in [-0.1, -0.05) is 0 Å². The van der Waals surface area contributed by atoms with E-state index in [2.05, 4.69) is 20.9 Å². The summed E-state index contributed by atoms with van der Waals surface area (Å²) in [6.45, 7) is 0.897. The van der Waals surface area contributed by atoms with E-state index in [0.717, 1.165) is 0 Å². The van der Waals surface area contributed by atoms with Crippen LogP contribution < -0.4 is 33.2 Å². The lowest BCUT2D eigenvalue weighted by Gasteiger charge is -2.29. The van der Waals surface area contributed by atoms with Gasteiger partial charge in [-0.05, 0) is 44.9 Å². The van der Waals surface area contributed by atoms with Crippen molar-refractivity contribution in [3.8, 4) is 0 Å². The molecule has 0 saturated carbocycles. The molecule has 0 spiro atoms. The summed E-state index contributed by atoms with van der Waals surface area (Å²) in [4.78, 5) is 67.8. The van der Waals surface area contributed by atoms with Crippen LogP contribution in [-0.2, 0) is 24.0 Å². The molecule has 2 saturated heterocycles. The van der Waals surface area contributed by atoms with Crippen molar-refractivity contribution in [2.75, 3.05) is 19.6 Å². The Bertz CT molecular complexity index is 831. The first kappa shape index (κ1) is 27.8. The number of carbonyl (C=O) groups excluding carboxylic acids is 4. The maximum atomic E-state index is 13.0. The number of amides is 4. The molecule has 4 atom stereocenters. The highest BCUT2D eigenvalue weighted by Gasteiger charge is 2.38. The Morgan fingerprint density at radius 2 is 1.91 bits per heavy atom. The van der Waals surface area contributed by atoms with Crippen LogP contribution >= 0.6 is 0 Å². The predicted octanol–water partition coefficient (Wildman–Crippen LogP) is -2.90. The molecule has 2 heterocycles. The number of hydrogen-bond donors (Lipinski definition) is 7. The van der Waals surface area contributed by atoms with Gasteiger partial charge in [-0.25, -0.2) is 4.79 Å². The standard InChI is InChI=1S/C21H36N8O6/c22-12-4-1-9-25-16(30)8-7-13(27-18(32)15-6-3-11-29(15)19(12)33)17(31)28-14(20(34)35)5-2-10-26-21(23)24/h12-15H,1-11,22H2,(H,25,30)(H,27,32)(H,28,31)(H,34,35)(H4,23,24,26)/t12-,13-,14-,15-/m0/s1.